The minimum absolute atomic E-state index is 0.310. The van der Waals surface area contributed by atoms with Gasteiger partial charge in [0.2, 0.25) is 5.13 Å². The van der Waals surface area contributed by atoms with E-state index in [1.165, 1.54) is 0 Å². The molecule has 1 heterocycles. The molecule has 0 aliphatic rings. The third-order valence-corrected chi connectivity index (χ3v) is 3.62. The third-order valence-electron chi connectivity index (χ3n) is 2.71. The lowest BCUT2D eigenvalue weighted by Crippen LogP contribution is -1.99. The van der Waals surface area contributed by atoms with E-state index in [4.69, 9.17) is 0 Å². The minimum Gasteiger partial charge on any atom is -0.508 e. The van der Waals surface area contributed by atoms with E-state index >= 15 is 0 Å². The van der Waals surface area contributed by atoms with Crippen LogP contribution in [0.4, 0.5) is 5.13 Å². The van der Waals surface area contributed by atoms with Crippen molar-refractivity contribution in [3.05, 3.63) is 34.3 Å². The number of anilines is 1. The monoisotopic (exact) mass is 277 g/mol. The summed E-state index contributed by atoms with van der Waals surface area (Å²) in [4.78, 5) is 0. The molecule has 0 aliphatic carbocycles. The van der Waals surface area contributed by atoms with Gasteiger partial charge >= 0.3 is 0 Å². The standard InChI is InChI=1S/C14H19N3OS/c1-9(2)6-13-16-17-14(19-13)15-8-11-7-10(3)4-5-12(11)18/h4-5,7,9,18H,6,8H2,1-3H3,(H,15,17). The minimum atomic E-state index is 0.310. The Kier molecular flexibility index (Phi) is 4.37. The van der Waals surface area contributed by atoms with Gasteiger partial charge < -0.3 is 10.4 Å². The molecule has 0 unspecified atom stereocenters. The van der Waals surface area contributed by atoms with Gasteiger partial charge in [0.25, 0.3) is 0 Å². The Balaban J connectivity index is 1.98. The van der Waals surface area contributed by atoms with Crippen LogP contribution in [0.25, 0.3) is 0 Å². The molecular weight excluding hydrogens is 258 g/mol. The van der Waals surface area contributed by atoms with E-state index in [1.54, 1.807) is 17.4 Å². The van der Waals surface area contributed by atoms with Crippen LogP contribution >= 0.6 is 11.3 Å². The van der Waals surface area contributed by atoms with Gasteiger partial charge in [0.1, 0.15) is 10.8 Å². The van der Waals surface area contributed by atoms with Crippen LogP contribution in [0, 0.1) is 12.8 Å². The number of nitrogens with one attached hydrogen (secondary N) is 1. The van der Waals surface area contributed by atoms with E-state index in [9.17, 15) is 5.11 Å². The first kappa shape index (κ1) is 13.8. The SMILES string of the molecule is Cc1ccc(O)c(CNc2nnc(CC(C)C)s2)c1. The van der Waals surface area contributed by atoms with Gasteiger partial charge in [0.05, 0.1) is 0 Å². The molecule has 102 valence electrons. The molecule has 0 atom stereocenters. The van der Waals surface area contributed by atoms with Crippen LogP contribution in [0.1, 0.15) is 30.0 Å². The van der Waals surface area contributed by atoms with Crippen LogP contribution < -0.4 is 5.32 Å². The lowest BCUT2D eigenvalue weighted by molar-refractivity contribution is 0.469. The Hall–Kier alpha value is -1.62. The maximum absolute atomic E-state index is 9.76. The summed E-state index contributed by atoms with van der Waals surface area (Å²) in [5.41, 5.74) is 2.01. The topological polar surface area (TPSA) is 58.0 Å². The maximum atomic E-state index is 9.76. The molecular formula is C14H19N3OS. The number of aromatic nitrogens is 2. The number of nitrogens with zero attached hydrogens (tertiary/aromatic N) is 2. The first-order valence-electron chi connectivity index (χ1n) is 6.39. The Bertz CT molecular complexity index is 551. The van der Waals surface area contributed by atoms with Crippen molar-refractivity contribution < 1.29 is 5.11 Å². The molecule has 2 rings (SSSR count). The highest BCUT2D eigenvalue weighted by molar-refractivity contribution is 7.15. The molecule has 0 saturated heterocycles. The van der Waals surface area contributed by atoms with Crippen LogP contribution in [0.3, 0.4) is 0 Å². The number of aromatic hydroxyl groups is 1. The van der Waals surface area contributed by atoms with Crippen LogP contribution in [-0.4, -0.2) is 15.3 Å². The highest BCUT2D eigenvalue weighted by atomic mass is 32.1. The normalized spacial score (nSPS) is 10.9. The van der Waals surface area contributed by atoms with Gasteiger partial charge in [0, 0.05) is 18.5 Å². The molecule has 19 heavy (non-hydrogen) atoms. The van der Waals surface area contributed by atoms with E-state index in [0.29, 0.717) is 18.2 Å². The maximum Gasteiger partial charge on any atom is 0.205 e. The molecule has 1 aromatic heterocycles. The summed E-state index contributed by atoms with van der Waals surface area (Å²) in [5.74, 6) is 0.895. The Morgan fingerprint density at radius 3 is 2.84 bits per heavy atom. The first-order chi connectivity index (χ1) is 9.04. The number of phenols is 1. The molecule has 0 fully saturated rings. The number of rotatable bonds is 5. The van der Waals surface area contributed by atoms with Crippen LogP contribution in [0.2, 0.25) is 0 Å². The van der Waals surface area contributed by atoms with Gasteiger partial charge in [0.15, 0.2) is 0 Å². The van der Waals surface area contributed by atoms with Crippen LogP contribution in [-0.2, 0) is 13.0 Å². The van der Waals surface area contributed by atoms with Crippen molar-refractivity contribution in [1.29, 1.82) is 0 Å². The van der Waals surface area contributed by atoms with Gasteiger partial charge in [-0.2, -0.15) is 0 Å². The highest BCUT2D eigenvalue weighted by Crippen LogP contribution is 2.22. The second kappa shape index (κ2) is 6.02. The first-order valence-corrected chi connectivity index (χ1v) is 7.21. The van der Waals surface area contributed by atoms with E-state index in [1.807, 2.05) is 19.1 Å². The lowest BCUT2D eigenvalue weighted by Gasteiger charge is -2.06. The van der Waals surface area contributed by atoms with Gasteiger partial charge in [-0.3, -0.25) is 0 Å². The number of benzene rings is 1. The second-order valence-corrected chi connectivity index (χ2v) is 6.15. The predicted octanol–water partition coefficient (Wildman–Crippen LogP) is 3.36. The quantitative estimate of drug-likeness (QED) is 0.880. The zero-order chi connectivity index (χ0) is 13.8. The average Bonchev–Trinajstić information content (AvgIpc) is 2.77. The molecule has 0 aliphatic heterocycles. The number of hydrogen-bond donors (Lipinski definition) is 2. The van der Waals surface area contributed by atoms with E-state index in [-0.39, 0.29) is 0 Å². The predicted molar refractivity (Wildman–Crippen MR) is 78.6 cm³/mol. The van der Waals surface area contributed by atoms with Crippen LogP contribution in [0.5, 0.6) is 5.75 Å². The Morgan fingerprint density at radius 2 is 2.11 bits per heavy atom. The van der Waals surface area contributed by atoms with Gasteiger partial charge in [-0.15, -0.1) is 10.2 Å². The highest BCUT2D eigenvalue weighted by Gasteiger charge is 2.07. The Labute approximate surface area is 117 Å². The van der Waals surface area contributed by atoms with Crippen molar-refractivity contribution in [2.45, 2.75) is 33.7 Å². The summed E-state index contributed by atoms with van der Waals surface area (Å²) in [6, 6.07) is 5.58. The molecule has 0 saturated carbocycles. The van der Waals surface area contributed by atoms with Crippen molar-refractivity contribution >= 4 is 16.5 Å². The van der Waals surface area contributed by atoms with Crippen molar-refractivity contribution in [1.82, 2.24) is 10.2 Å². The van der Waals surface area contributed by atoms with Crippen molar-refractivity contribution in [3.8, 4) is 5.75 Å². The third kappa shape index (κ3) is 3.92. The van der Waals surface area contributed by atoms with E-state index in [2.05, 4.69) is 29.4 Å². The number of aryl methyl sites for hydroxylation is 1. The average molecular weight is 277 g/mol. The largest absolute Gasteiger partial charge is 0.508 e. The van der Waals surface area contributed by atoms with Gasteiger partial charge in [-0.1, -0.05) is 42.9 Å². The number of phenolic OH excluding ortho intramolecular Hbond substituents is 1. The molecule has 4 nitrogen and oxygen atoms in total. The van der Waals surface area contributed by atoms with Gasteiger partial charge in [-0.05, 0) is 18.9 Å². The van der Waals surface area contributed by atoms with E-state index in [0.717, 1.165) is 27.7 Å². The zero-order valence-corrected chi connectivity index (χ0v) is 12.3. The molecule has 0 spiro atoms. The molecule has 2 aromatic rings. The molecule has 0 bridgehead atoms. The fraction of sp³-hybridized carbons (Fsp3) is 0.429. The Morgan fingerprint density at radius 1 is 1.32 bits per heavy atom. The fourth-order valence-corrected chi connectivity index (χ4v) is 2.73. The number of hydrogen-bond acceptors (Lipinski definition) is 5. The molecule has 0 amide bonds. The summed E-state index contributed by atoms with van der Waals surface area (Å²) in [6.07, 6.45) is 0.953. The summed E-state index contributed by atoms with van der Waals surface area (Å²) in [5, 5.41) is 23.1. The fourth-order valence-electron chi connectivity index (χ4n) is 1.78. The molecule has 1 aromatic carbocycles. The summed E-state index contributed by atoms with van der Waals surface area (Å²) >= 11 is 1.58. The molecule has 2 N–H and O–H groups in total. The summed E-state index contributed by atoms with van der Waals surface area (Å²) < 4.78 is 0. The van der Waals surface area contributed by atoms with Gasteiger partial charge in [-0.25, -0.2) is 0 Å². The lowest BCUT2D eigenvalue weighted by atomic mass is 10.1. The van der Waals surface area contributed by atoms with Crippen molar-refractivity contribution in [3.63, 3.8) is 0 Å². The summed E-state index contributed by atoms with van der Waals surface area (Å²) in [7, 11) is 0. The van der Waals surface area contributed by atoms with Crippen molar-refractivity contribution in [2.75, 3.05) is 5.32 Å². The van der Waals surface area contributed by atoms with Crippen molar-refractivity contribution in [2.24, 2.45) is 5.92 Å². The smallest absolute Gasteiger partial charge is 0.205 e. The molecule has 0 radical (unpaired) electrons. The zero-order valence-electron chi connectivity index (χ0n) is 11.5. The summed E-state index contributed by atoms with van der Waals surface area (Å²) in [6.45, 7) is 6.90. The van der Waals surface area contributed by atoms with Crippen LogP contribution in [0.15, 0.2) is 18.2 Å². The van der Waals surface area contributed by atoms with E-state index < -0.39 is 0 Å². The second-order valence-electron chi connectivity index (χ2n) is 5.08. The molecule has 5 heteroatoms.